The molecular formula is C32H35BN2O6. The van der Waals surface area contributed by atoms with E-state index in [-0.39, 0.29) is 24.6 Å². The molecule has 3 aromatic rings. The third kappa shape index (κ3) is 5.60. The molecule has 3 aromatic carbocycles. The first-order chi connectivity index (χ1) is 19.5. The Morgan fingerprint density at radius 3 is 2.10 bits per heavy atom. The second-order valence-corrected chi connectivity index (χ2v) is 11.3. The van der Waals surface area contributed by atoms with Crippen LogP contribution in [0.15, 0.2) is 72.2 Å². The molecule has 3 N–H and O–H groups in total. The number of benzene rings is 3. The maximum Gasteiger partial charge on any atom is 0.492 e. The molecule has 8 nitrogen and oxygen atoms in total. The van der Waals surface area contributed by atoms with Crippen molar-refractivity contribution in [3.05, 3.63) is 94.5 Å². The highest BCUT2D eigenvalue weighted by molar-refractivity contribution is 6.56. The van der Waals surface area contributed by atoms with Crippen molar-refractivity contribution in [3.8, 4) is 16.9 Å². The predicted molar refractivity (Wildman–Crippen MR) is 159 cm³/mol. The summed E-state index contributed by atoms with van der Waals surface area (Å²) in [7, 11) is 0.751. The van der Waals surface area contributed by atoms with Crippen molar-refractivity contribution in [2.45, 2.75) is 44.8 Å². The van der Waals surface area contributed by atoms with Crippen LogP contribution in [0, 0.1) is 0 Å². The van der Waals surface area contributed by atoms with Gasteiger partial charge in [-0.3, -0.25) is 4.79 Å². The predicted octanol–water partition coefficient (Wildman–Crippen LogP) is 5.35. The topological polar surface area (TPSA) is 109 Å². The van der Waals surface area contributed by atoms with Gasteiger partial charge in [-0.1, -0.05) is 60.7 Å². The van der Waals surface area contributed by atoms with E-state index in [2.05, 4.69) is 29.6 Å². The SMILES string of the molecule is COc1ccc(C=C(CNC(=O)OCC2c3ccccc3-c3ccccc32)B2OC(C)(C)C(C)(C)O2)c(C(N)=O)c1. The third-order valence-corrected chi connectivity index (χ3v) is 8.20. The molecule has 0 saturated carbocycles. The van der Waals surface area contributed by atoms with Gasteiger partial charge in [-0.2, -0.15) is 0 Å². The summed E-state index contributed by atoms with van der Waals surface area (Å²) in [5, 5.41) is 2.85. The van der Waals surface area contributed by atoms with E-state index in [1.54, 1.807) is 24.3 Å². The van der Waals surface area contributed by atoms with E-state index >= 15 is 0 Å². The average Bonchev–Trinajstić information content (AvgIpc) is 3.38. The lowest BCUT2D eigenvalue weighted by atomic mass is 9.76. The van der Waals surface area contributed by atoms with Crippen LogP contribution in [0.4, 0.5) is 4.79 Å². The smallest absolute Gasteiger partial charge is 0.492 e. The molecule has 1 fully saturated rings. The summed E-state index contributed by atoms with van der Waals surface area (Å²) in [6, 6.07) is 21.4. The number of primary amides is 1. The lowest BCUT2D eigenvalue weighted by Crippen LogP contribution is -2.41. The Bertz CT molecular complexity index is 1450. The fourth-order valence-electron chi connectivity index (χ4n) is 5.22. The maximum atomic E-state index is 13.0. The monoisotopic (exact) mass is 554 g/mol. The van der Waals surface area contributed by atoms with Crippen LogP contribution in [-0.4, -0.2) is 50.6 Å². The number of carbonyl (C=O) groups excluding carboxylic acids is 2. The fraction of sp³-hybridized carbons (Fsp3) is 0.312. The van der Waals surface area contributed by atoms with Gasteiger partial charge in [0.25, 0.3) is 0 Å². The summed E-state index contributed by atoms with van der Waals surface area (Å²) in [6.07, 6.45) is 1.19. The standard InChI is InChI=1S/C32H35BN2O6/c1-31(2)32(3,4)41-33(40-31)21(16-20-14-15-22(38-5)17-27(20)29(34)36)18-35-30(37)39-19-28-25-12-8-6-10-23(25)24-11-7-9-13-26(24)28/h6-17,28H,18-19H2,1-5H3,(H2,34,36)(H,35,37). The van der Waals surface area contributed by atoms with E-state index in [1.165, 1.54) is 7.11 Å². The number of hydrogen-bond donors (Lipinski definition) is 2. The molecule has 0 aromatic heterocycles. The summed E-state index contributed by atoms with van der Waals surface area (Å²) in [5.74, 6) is -0.151. The van der Waals surface area contributed by atoms with Gasteiger partial charge in [-0.15, -0.1) is 0 Å². The van der Waals surface area contributed by atoms with Gasteiger partial charge in [0.1, 0.15) is 12.4 Å². The van der Waals surface area contributed by atoms with Gasteiger partial charge in [0.05, 0.1) is 18.3 Å². The summed E-state index contributed by atoms with van der Waals surface area (Å²) in [6.45, 7) is 8.06. The highest BCUT2D eigenvalue weighted by Gasteiger charge is 2.52. The molecule has 2 amide bonds. The highest BCUT2D eigenvalue weighted by Crippen LogP contribution is 2.44. The molecule has 41 heavy (non-hydrogen) atoms. The number of carbonyl (C=O) groups is 2. The van der Waals surface area contributed by atoms with E-state index in [9.17, 15) is 9.59 Å². The van der Waals surface area contributed by atoms with E-state index in [0.717, 1.165) is 22.3 Å². The Morgan fingerprint density at radius 1 is 0.951 bits per heavy atom. The lowest BCUT2D eigenvalue weighted by molar-refractivity contribution is 0.00578. The van der Waals surface area contributed by atoms with Crippen LogP contribution in [0.3, 0.4) is 0 Å². The van der Waals surface area contributed by atoms with Crippen LogP contribution < -0.4 is 15.8 Å². The second kappa shape index (κ2) is 11.1. The van der Waals surface area contributed by atoms with Crippen LogP contribution >= 0.6 is 0 Å². The Hall–Kier alpha value is -4.08. The number of methoxy groups -OCH3 is 1. The van der Waals surface area contributed by atoms with E-state index < -0.39 is 30.3 Å². The van der Waals surface area contributed by atoms with E-state index in [0.29, 0.717) is 16.8 Å². The average molecular weight is 554 g/mol. The highest BCUT2D eigenvalue weighted by atomic mass is 16.7. The minimum atomic E-state index is -0.767. The molecule has 1 heterocycles. The number of amides is 2. The Labute approximate surface area is 241 Å². The number of fused-ring (bicyclic) bond motifs is 3. The molecule has 1 aliphatic heterocycles. The largest absolute Gasteiger partial charge is 0.497 e. The van der Waals surface area contributed by atoms with Gasteiger partial charge in [0.2, 0.25) is 5.91 Å². The first-order valence-electron chi connectivity index (χ1n) is 13.6. The zero-order valence-electron chi connectivity index (χ0n) is 24.0. The Morgan fingerprint density at radius 2 is 1.54 bits per heavy atom. The van der Waals surface area contributed by atoms with Crippen LogP contribution in [0.2, 0.25) is 0 Å². The van der Waals surface area contributed by atoms with E-state index in [1.807, 2.05) is 52.0 Å². The number of hydrogen-bond acceptors (Lipinski definition) is 6. The fourth-order valence-corrected chi connectivity index (χ4v) is 5.22. The minimum Gasteiger partial charge on any atom is -0.497 e. The van der Waals surface area contributed by atoms with Crippen molar-refractivity contribution in [2.75, 3.05) is 20.3 Å². The number of rotatable bonds is 8. The summed E-state index contributed by atoms with van der Waals surface area (Å²) in [5.41, 5.74) is 10.5. The Balaban J connectivity index is 1.35. The van der Waals surface area contributed by atoms with Crippen molar-refractivity contribution < 1.29 is 28.4 Å². The third-order valence-electron chi connectivity index (χ3n) is 8.20. The zero-order chi connectivity index (χ0) is 29.4. The number of alkyl carbamates (subject to hydrolysis) is 1. The molecule has 5 rings (SSSR count). The molecule has 9 heteroatoms. The van der Waals surface area contributed by atoms with Crippen molar-refractivity contribution in [2.24, 2.45) is 5.73 Å². The van der Waals surface area contributed by atoms with Crippen LogP contribution in [0.1, 0.15) is 60.7 Å². The molecule has 0 unspecified atom stereocenters. The summed E-state index contributed by atoms with van der Waals surface area (Å²) >= 11 is 0. The van der Waals surface area contributed by atoms with Crippen LogP contribution in [-0.2, 0) is 14.0 Å². The lowest BCUT2D eigenvalue weighted by Gasteiger charge is -2.32. The van der Waals surface area contributed by atoms with Gasteiger partial charge >= 0.3 is 13.2 Å². The molecular weight excluding hydrogens is 519 g/mol. The summed E-state index contributed by atoms with van der Waals surface area (Å²) < 4.78 is 23.5. The van der Waals surface area contributed by atoms with Gasteiger partial charge in [-0.05, 0) is 73.1 Å². The maximum absolute atomic E-state index is 13.0. The van der Waals surface area contributed by atoms with Crippen LogP contribution in [0.25, 0.3) is 17.2 Å². The van der Waals surface area contributed by atoms with Crippen molar-refractivity contribution >= 4 is 25.2 Å². The van der Waals surface area contributed by atoms with Crippen LogP contribution in [0.5, 0.6) is 5.75 Å². The minimum absolute atomic E-state index is 0.0521. The second-order valence-electron chi connectivity index (χ2n) is 11.3. The van der Waals surface area contributed by atoms with Crippen molar-refractivity contribution in [3.63, 3.8) is 0 Å². The molecule has 0 atom stereocenters. The normalized spacial score (nSPS) is 17.1. The molecule has 212 valence electrons. The molecule has 0 spiro atoms. The molecule has 0 radical (unpaired) electrons. The first kappa shape index (κ1) is 28.5. The Kier molecular flexibility index (Phi) is 7.68. The van der Waals surface area contributed by atoms with Gasteiger partial charge in [0.15, 0.2) is 0 Å². The van der Waals surface area contributed by atoms with Crippen molar-refractivity contribution in [1.29, 1.82) is 0 Å². The molecule has 1 aliphatic carbocycles. The number of nitrogens with two attached hydrogens (primary N) is 1. The molecule has 0 bridgehead atoms. The van der Waals surface area contributed by atoms with E-state index in [4.69, 9.17) is 24.5 Å². The van der Waals surface area contributed by atoms with Crippen molar-refractivity contribution in [1.82, 2.24) is 5.32 Å². The first-order valence-corrected chi connectivity index (χ1v) is 13.6. The number of ether oxygens (including phenoxy) is 2. The van der Waals surface area contributed by atoms with Gasteiger partial charge in [0, 0.05) is 18.0 Å². The summed E-state index contributed by atoms with van der Waals surface area (Å²) in [4.78, 5) is 25.2. The van der Waals surface area contributed by atoms with Gasteiger partial charge in [-0.25, -0.2) is 4.79 Å². The molecule has 2 aliphatic rings. The molecule has 1 saturated heterocycles. The quantitative estimate of drug-likeness (QED) is 0.364. The van der Waals surface area contributed by atoms with Gasteiger partial charge < -0.3 is 29.8 Å². The number of nitrogens with one attached hydrogen (secondary N) is 1. The zero-order valence-corrected chi connectivity index (χ0v) is 24.0.